The lowest BCUT2D eigenvalue weighted by molar-refractivity contribution is -0.138. The van der Waals surface area contributed by atoms with Crippen LogP contribution < -0.4 is 4.90 Å². The number of amides is 1. The molecule has 0 saturated carbocycles. The zero-order chi connectivity index (χ0) is 15.4. The number of likely N-dealkylation sites (N-methyl/N-ethyl adjacent to an activating group) is 1. The van der Waals surface area contributed by atoms with Crippen molar-refractivity contribution in [2.24, 2.45) is 0 Å². The Morgan fingerprint density at radius 1 is 1.14 bits per heavy atom. The third-order valence-electron chi connectivity index (χ3n) is 4.92. The molecule has 1 aromatic heterocycles. The Labute approximate surface area is 132 Å². The van der Waals surface area contributed by atoms with Crippen molar-refractivity contribution in [3.8, 4) is 0 Å². The van der Waals surface area contributed by atoms with Crippen LogP contribution in [0.1, 0.15) is 26.2 Å². The summed E-state index contributed by atoms with van der Waals surface area (Å²) in [6.45, 7) is 7.69. The monoisotopic (exact) mass is 302 g/mol. The minimum absolute atomic E-state index is 0.117. The van der Waals surface area contributed by atoms with Crippen LogP contribution in [0.15, 0.2) is 24.5 Å². The lowest BCUT2D eigenvalue weighted by atomic mass is 10.0. The summed E-state index contributed by atoms with van der Waals surface area (Å²) in [4.78, 5) is 23.6. The summed E-state index contributed by atoms with van der Waals surface area (Å²) in [7, 11) is 0. The lowest BCUT2D eigenvalue weighted by Crippen LogP contribution is -2.56. The van der Waals surface area contributed by atoms with Gasteiger partial charge < -0.3 is 9.80 Å². The highest BCUT2D eigenvalue weighted by molar-refractivity contribution is 5.82. The zero-order valence-electron chi connectivity index (χ0n) is 13.4. The van der Waals surface area contributed by atoms with Gasteiger partial charge in [-0.1, -0.05) is 13.3 Å². The van der Waals surface area contributed by atoms with Gasteiger partial charge >= 0.3 is 0 Å². The molecule has 1 atom stereocenters. The molecule has 2 aliphatic rings. The highest BCUT2D eigenvalue weighted by Crippen LogP contribution is 2.20. The van der Waals surface area contributed by atoms with Gasteiger partial charge in [0.25, 0.3) is 0 Å². The third kappa shape index (κ3) is 3.24. The Balaban J connectivity index is 1.57. The molecule has 0 aliphatic carbocycles. The van der Waals surface area contributed by atoms with Crippen LogP contribution in [0.3, 0.4) is 0 Å². The SMILES string of the molecule is CCN1CCCC[C@H]1C(=O)N1CCN(c2ccncc2)CC1. The van der Waals surface area contributed by atoms with E-state index in [1.807, 2.05) is 24.5 Å². The number of carbonyl (C=O) groups is 1. The maximum atomic E-state index is 12.8. The Hall–Kier alpha value is -1.62. The van der Waals surface area contributed by atoms with E-state index in [-0.39, 0.29) is 6.04 Å². The van der Waals surface area contributed by atoms with Crippen molar-refractivity contribution in [2.75, 3.05) is 44.2 Å². The van der Waals surface area contributed by atoms with Gasteiger partial charge in [-0.25, -0.2) is 0 Å². The highest BCUT2D eigenvalue weighted by atomic mass is 16.2. The molecule has 0 radical (unpaired) electrons. The van der Waals surface area contributed by atoms with E-state index >= 15 is 0 Å². The van der Waals surface area contributed by atoms with E-state index in [0.29, 0.717) is 5.91 Å². The van der Waals surface area contributed by atoms with Gasteiger partial charge in [-0.05, 0) is 38.1 Å². The molecule has 2 fully saturated rings. The van der Waals surface area contributed by atoms with Crippen molar-refractivity contribution in [3.63, 3.8) is 0 Å². The minimum atomic E-state index is 0.117. The van der Waals surface area contributed by atoms with Crippen LogP contribution >= 0.6 is 0 Å². The van der Waals surface area contributed by atoms with Crippen LogP contribution in [-0.4, -0.2) is 66.0 Å². The predicted octanol–water partition coefficient (Wildman–Crippen LogP) is 1.60. The van der Waals surface area contributed by atoms with Gasteiger partial charge in [0.1, 0.15) is 0 Å². The number of carbonyl (C=O) groups excluding carboxylic acids is 1. The van der Waals surface area contributed by atoms with E-state index in [2.05, 4.69) is 26.6 Å². The van der Waals surface area contributed by atoms with Crippen molar-refractivity contribution in [3.05, 3.63) is 24.5 Å². The van der Waals surface area contributed by atoms with Crippen LogP contribution in [-0.2, 0) is 4.79 Å². The van der Waals surface area contributed by atoms with Crippen LogP contribution in [0.2, 0.25) is 0 Å². The van der Waals surface area contributed by atoms with E-state index in [4.69, 9.17) is 0 Å². The van der Waals surface area contributed by atoms with Gasteiger partial charge in [-0.3, -0.25) is 14.7 Å². The Morgan fingerprint density at radius 3 is 2.55 bits per heavy atom. The second kappa shape index (κ2) is 7.09. The molecule has 0 unspecified atom stereocenters. The lowest BCUT2D eigenvalue weighted by Gasteiger charge is -2.41. The summed E-state index contributed by atoms with van der Waals surface area (Å²) in [5.41, 5.74) is 1.20. The molecule has 0 aromatic carbocycles. The summed E-state index contributed by atoms with van der Waals surface area (Å²) in [6.07, 6.45) is 7.09. The third-order valence-corrected chi connectivity index (χ3v) is 4.92. The molecule has 1 aromatic rings. The molecule has 0 N–H and O–H groups in total. The Bertz CT molecular complexity index is 485. The number of aromatic nitrogens is 1. The molecule has 0 spiro atoms. The van der Waals surface area contributed by atoms with Gasteiger partial charge in [-0.2, -0.15) is 0 Å². The second-order valence-corrected chi connectivity index (χ2v) is 6.16. The van der Waals surface area contributed by atoms with Crippen molar-refractivity contribution in [2.45, 2.75) is 32.2 Å². The molecule has 3 rings (SSSR count). The molecule has 22 heavy (non-hydrogen) atoms. The molecule has 5 nitrogen and oxygen atoms in total. The van der Waals surface area contributed by atoms with Crippen LogP contribution in [0.4, 0.5) is 5.69 Å². The van der Waals surface area contributed by atoms with Crippen molar-refractivity contribution in [1.29, 1.82) is 0 Å². The summed E-state index contributed by atoms with van der Waals surface area (Å²) < 4.78 is 0. The first-order valence-electron chi connectivity index (χ1n) is 8.47. The van der Waals surface area contributed by atoms with Crippen molar-refractivity contribution in [1.82, 2.24) is 14.8 Å². The van der Waals surface area contributed by atoms with Gasteiger partial charge in [0.05, 0.1) is 6.04 Å². The number of piperazine rings is 1. The number of hydrogen-bond donors (Lipinski definition) is 0. The maximum Gasteiger partial charge on any atom is 0.240 e. The molecule has 2 saturated heterocycles. The summed E-state index contributed by atoms with van der Waals surface area (Å²) in [5, 5.41) is 0. The first-order valence-corrected chi connectivity index (χ1v) is 8.47. The van der Waals surface area contributed by atoms with E-state index in [0.717, 1.165) is 45.7 Å². The number of nitrogens with zero attached hydrogens (tertiary/aromatic N) is 4. The minimum Gasteiger partial charge on any atom is -0.368 e. The second-order valence-electron chi connectivity index (χ2n) is 6.16. The quantitative estimate of drug-likeness (QED) is 0.850. The van der Waals surface area contributed by atoms with E-state index < -0.39 is 0 Å². The molecular weight excluding hydrogens is 276 g/mol. The predicted molar refractivity (Wildman–Crippen MR) is 87.9 cm³/mol. The Kier molecular flexibility index (Phi) is 4.93. The van der Waals surface area contributed by atoms with E-state index in [1.165, 1.54) is 18.5 Å². The standard InChI is InChI=1S/C17H26N4O/c1-2-19-10-4-3-5-16(19)17(22)21-13-11-20(12-14-21)15-6-8-18-9-7-15/h6-9,16H,2-5,10-14H2,1H3/t16-/m0/s1. The Morgan fingerprint density at radius 2 is 1.86 bits per heavy atom. The number of anilines is 1. The average molecular weight is 302 g/mol. The number of likely N-dealkylation sites (tertiary alicyclic amines) is 1. The molecule has 3 heterocycles. The molecule has 5 heteroatoms. The number of rotatable bonds is 3. The van der Waals surface area contributed by atoms with Gasteiger partial charge in [0, 0.05) is 44.3 Å². The zero-order valence-corrected chi connectivity index (χ0v) is 13.4. The molecule has 120 valence electrons. The largest absolute Gasteiger partial charge is 0.368 e. The maximum absolute atomic E-state index is 12.8. The fraction of sp³-hybridized carbons (Fsp3) is 0.647. The average Bonchev–Trinajstić information content (AvgIpc) is 2.62. The van der Waals surface area contributed by atoms with Crippen molar-refractivity contribution >= 4 is 11.6 Å². The summed E-state index contributed by atoms with van der Waals surface area (Å²) in [6, 6.07) is 4.20. The molecule has 1 amide bonds. The van der Waals surface area contributed by atoms with Crippen molar-refractivity contribution < 1.29 is 4.79 Å². The highest BCUT2D eigenvalue weighted by Gasteiger charge is 2.32. The molecule has 2 aliphatic heterocycles. The fourth-order valence-corrected chi connectivity index (χ4v) is 3.60. The first kappa shape index (κ1) is 15.3. The smallest absolute Gasteiger partial charge is 0.240 e. The van der Waals surface area contributed by atoms with E-state index in [1.54, 1.807) is 0 Å². The van der Waals surface area contributed by atoms with Crippen LogP contribution in [0, 0.1) is 0 Å². The number of pyridine rings is 1. The number of hydrogen-bond acceptors (Lipinski definition) is 4. The van der Waals surface area contributed by atoms with Gasteiger partial charge in [0.15, 0.2) is 0 Å². The van der Waals surface area contributed by atoms with Crippen LogP contribution in [0.25, 0.3) is 0 Å². The molecule has 0 bridgehead atoms. The topological polar surface area (TPSA) is 39.7 Å². The normalized spacial score (nSPS) is 23.6. The summed E-state index contributed by atoms with van der Waals surface area (Å²) >= 11 is 0. The van der Waals surface area contributed by atoms with Crippen LogP contribution in [0.5, 0.6) is 0 Å². The fourth-order valence-electron chi connectivity index (χ4n) is 3.60. The first-order chi connectivity index (χ1) is 10.8. The van der Waals surface area contributed by atoms with Gasteiger partial charge in [0.2, 0.25) is 5.91 Å². The molecular formula is C17H26N4O. The van der Waals surface area contributed by atoms with E-state index in [9.17, 15) is 4.79 Å². The summed E-state index contributed by atoms with van der Waals surface area (Å²) in [5.74, 6) is 0.343. The number of piperidine rings is 1. The van der Waals surface area contributed by atoms with Gasteiger partial charge in [-0.15, -0.1) is 0 Å².